The molecule has 0 bridgehead atoms. The number of carbonyl (C=O) groups excluding carboxylic acids is 2. The highest BCUT2D eigenvalue weighted by atomic mass is 32.2. The third kappa shape index (κ3) is 5.47. The van der Waals surface area contributed by atoms with Gasteiger partial charge in [0.15, 0.2) is 11.0 Å². The molecule has 9 heteroatoms. The van der Waals surface area contributed by atoms with E-state index in [0.29, 0.717) is 22.4 Å². The molecule has 1 aromatic heterocycles. The summed E-state index contributed by atoms with van der Waals surface area (Å²) in [4.78, 5) is 26.5. The molecular weight excluding hydrogens is 426 g/mol. The molecule has 0 saturated carbocycles. The van der Waals surface area contributed by atoms with Gasteiger partial charge in [0.05, 0.1) is 24.5 Å². The van der Waals surface area contributed by atoms with Gasteiger partial charge in [-0.2, -0.15) is 0 Å². The lowest BCUT2D eigenvalue weighted by Crippen LogP contribution is -2.39. The first-order chi connectivity index (χ1) is 15.3. The van der Waals surface area contributed by atoms with Gasteiger partial charge in [0.25, 0.3) is 0 Å². The number of nitrogens with zero attached hydrogens (tertiary/aromatic N) is 4. The summed E-state index contributed by atoms with van der Waals surface area (Å²) in [5.41, 5.74) is 2.63. The fourth-order valence-corrected chi connectivity index (χ4v) is 4.06. The monoisotopic (exact) mass is 453 g/mol. The molecule has 168 valence electrons. The van der Waals surface area contributed by atoms with Crippen LogP contribution in [0.15, 0.2) is 53.7 Å². The molecule has 0 fully saturated rings. The fraction of sp³-hybridized carbons (Fsp3) is 0.304. The Bertz CT molecular complexity index is 1100. The van der Waals surface area contributed by atoms with Crippen molar-refractivity contribution in [2.45, 2.75) is 24.3 Å². The van der Waals surface area contributed by atoms with Crippen LogP contribution in [-0.4, -0.2) is 57.4 Å². The predicted molar refractivity (Wildman–Crippen MR) is 126 cm³/mol. The van der Waals surface area contributed by atoms with Crippen LogP contribution in [0.4, 0.5) is 5.69 Å². The minimum atomic E-state index is -0.444. The van der Waals surface area contributed by atoms with E-state index >= 15 is 0 Å². The smallest absolute Gasteiger partial charge is 0.243 e. The first-order valence-electron chi connectivity index (χ1n) is 10.1. The third-order valence-electron chi connectivity index (χ3n) is 4.91. The lowest BCUT2D eigenvalue weighted by Gasteiger charge is -2.20. The van der Waals surface area contributed by atoms with Crippen LogP contribution in [-0.2, 0) is 16.6 Å². The second-order valence-electron chi connectivity index (χ2n) is 7.43. The van der Waals surface area contributed by atoms with E-state index in [-0.39, 0.29) is 18.4 Å². The summed E-state index contributed by atoms with van der Waals surface area (Å²) in [7, 11) is 5.07. The van der Waals surface area contributed by atoms with E-state index in [1.54, 1.807) is 21.1 Å². The minimum Gasteiger partial charge on any atom is -0.496 e. The quantitative estimate of drug-likeness (QED) is 0.526. The second kappa shape index (κ2) is 10.3. The molecule has 0 aliphatic carbocycles. The number of ether oxygens (including phenoxy) is 1. The number of aryl methyl sites for hydroxylation is 1. The van der Waals surface area contributed by atoms with Crippen LogP contribution < -0.4 is 10.1 Å². The Balaban J connectivity index is 1.62. The molecule has 0 unspecified atom stereocenters. The summed E-state index contributed by atoms with van der Waals surface area (Å²) < 4.78 is 7.24. The number of anilines is 1. The number of para-hydroxylation sites is 1. The Morgan fingerprint density at radius 3 is 2.53 bits per heavy atom. The molecule has 1 atom stereocenters. The molecule has 0 saturated heterocycles. The molecule has 2 amide bonds. The summed E-state index contributed by atoms with van der Waals surface area (Å²) >= 11 is 1.29. The molecule has 2 aromatic carbocycles. The molecule has 32 heavy (non-hydrogen) atoms. The minimum absolute atomic E-state index is 0.0388. The number of likely N-dealkylation sites (N-methyl/N-ethyl adjacent to an activating group) is 1. The van der Waals surface area contributed by atoms with Crippen molar-refractivity contribution in [3.63, 3.8) is 0 Å². The molecule has 8 nitrogen and oxygen atoms in total. The average molecular weight is 454 g/mol. The van der Waals surface area contributed by atoms with Crippen LogP contribution in [0.5, 0.6) is 5.75 Å². The molecule has 0 spiro atoms. The van der Waals surface area contributed by atoms with Gasteiger partial charge in [-0.3, -0.25) is 9.59 Å². The molecule has 0 radical (unpaired) electrons. The van der Waals surface area contributed by atoms with Crippen molar-refractivity contribution < 1.29 is 14.3 Å². The third-order valence-corrected chi connectivity index (χ3v) is 6.03. The topological polar surface area (TPSA) is 89.4 Å². The van der Waals surface area contributed by atoms with Gasteiger partial charge in [-0.25, -0.2) is 0 Å². The Morgan fingerprint density at radius 2 is 1.84 bits per heavy atom. The Labute approximate surface area is 192 Å². The van der Waals surface area contributed by atoms with E-state index in [2.05, 4.69) is 15.5 Å². The number of carbonyl (C=O) groups is 2. The highest BCUT2D eigenvalue weighted by Gasteiger charge is 2.24. The summed E-state index contributed by atoms with van der Waals surface area (Å²) in [5.74, 6) is 0.924. The van der Waals surface area contributed by atoms with Crippen molar-refractivity contribution in [2.75, 3.05) is 26.0 Å². The lowest BCUT2D eigenvalue weighted by atomic mass is 10.2. The summed E-state index contributed by atoms with van der Waals surface area (Å²) in [6.45, 7) is 3.73. The fourth-order valence-electron chi connectivity index (χ4n) is 3.13. The van der Waals surface area contributed by atoms with Crippen LogP contribution in [0, 0.1) is 6.92 Å². The van der Waals surface area contributed by atoms with Crippen LogP contribution >= 0.6 is 11.8 Å². The number of hydrogen-bond donors (Lipinski definition) is 1. The second-order valence-corrected chi connectivity index (χ2v) is 8.74. The Morgan fingerprint density at radius 1 is 1.16 bits per heavy atom. The van der Waals surface area contributed by atoms with Crippen molar-refractivity contribution in [3.8, 4) is 17.1 Å². The van der Waals surface area contributed by atoms with Gasteiger partial charge >= 0.3 is 0 Å². The van der Waals surface area contributed by atoms with Crippen LogP contribution in [0.3, 0.4) is 0 Å². The van der Waals surface area contributed by atoms with Crippen molar-refractivity contribution in [1.82, 2.24) is 19.7 Å². The van der Waals surface area contributed by atoms with Crippen molar-refractivity contribution in [3.05, 3.63) is 54.1 Å². The number of benzene rings is 2. The van der Waals surface area contributed by atoms with Crippen LogP contribution in [0.2, 0.25) is 0 Å². The summed E-state index contributed by atoms with van der Waals surface area (Å²) in [6.07, 6.45) is 0. The van der Waals surface area contributed by atoms with E-state index in [9.17, 15) is 9.59 Å². The van der Waals surface area contributed by atoms with Gasteiger partial charge in [0, 0.05) is 19.8 Å². The SMILES string of the molecule is COc1ccccc1-c1nnc(S[C@H](C)C(=O)N(C)CC(=O)Nc2ccc(C)cc2)n1C. The highest BCUT2D eigenvalue weighted by molar-refractivity contribution is 8.00. The van der Waals surface area contributed by atoms with Gasteiger partial charge in [0.1, 0.15) is 5.75 Å². The van der Waals surface area contributed by atoms with Crippen LogP contribution in [0.1, 0.15) is 12.5 Å². The normalized spacial score (nSPS) is 11.7. The lowest BCUT2D eigenvalue weighted by molar-refractivity contribution is -0.132. The molecular formula is C23H27N5O3S. The predicted octanol–water partition coefficient (Wildman–Crippen LogP) is 3.38. The number of thioether (sulfide) groups is 1. The van der Waals surface area contributed by atoms with Gasteiger partial charge in [-0.05, 0) is 38.1 Å². The molecule has 3 rings (SSSR count). The Hall–Kier alpha value is -3.33. The zero-order valence-electron chi connectivity index (χ0n) is 18.8. The summed E-state index contributed by atoms with van der Waals surface area (Å²) in [6, 6.07) is 15.1. The maximum atomic E-state index is 12.8. The average Bonchev–Trinajstić information content (AvgIpc) is 3.14. The van der Waals surface area contributed by atoms with Crippen molar-refractivity contribution in [2.24, 2.45) is 7.05 Å². The first-order valence-corrected chi connectivity index (χ1v) is 11.0. The Kier molecular flexibility index (Phi) is 7.53. The maximum absolute atomic E-state index is 12.8. The first kappa shape index (κ1) is 23.3. The number of nitrogens with one attached hydrogen (secondary N) is 1. The van der Waals surface area contributed by atoms with E-state index in [1.807, 2.05) is 67.1 Å². The van der Waals surface area contributed by atoms with Gasteiger partial charge < -0.3 is 19.5 Å². The molecule has 3 aromatic rings. The van der Waals surface area contributed by atoms with Crippen LogP contribution in [0.25, 0.3) is 11.4 Å². The standard InChI is InChI=1S/C23H27N5O3S/c1-15-10-12-17(13-11-15)24-20(29)14-27(3)22(30)16(2)32-23-26-25-21(28(23)4)18-8-6-7-9-19(18)31-5/h6-13,16H,14H2,1-5H3,(H,24,29)/t16-/m1/s1. The van der Waals surface area contributed by atoms with E-state index in [4.69, 9.17) is 4.74 Å². The largest absolute Gasteiger partial charge is 0.496 e. The number of methoxy groups -OCH3 is 1. The number of aromatic nitrogens is 3. The van der Waals surface area contributed by atoms with Gasteiger partial charge in [-0.1, -0.05) is 41.6 Å². The molecule has 0 aliphatic heterocycles. The highest BCUT2D eigenvalue weighted by Crippen LogP contribution is 2.31. The van der Waals surface area contributed by atoms with Crippen molar-refractivity contribution >= 4 is 29.3 Å². The number of hydrogen-bond acceptors (Lipinski definition) is 6. The molecule has 0 aliphatic rings. The van der Waals surface area contributed by atoms with E-state index in [1.165, 1.54) is 16.7 Å². The number of amides is 2. The maximum Gasteiger partial charge on any atom is 0.243 e. The van der Waals surface area contributed by atoms with Crippen molar-refractivity contribution in [1.29, 1.82) is 0 Å². The zero-order chi connectivity index (χ0) is 23.3. The van der Waals surface area contributed by atoms with E-state index < -0.39 is 5.25 Å². The zero-order valence-corrected chi connectivity index (χ0v) is 19.6. The molecule has 1 heterocycles. The molecule has 1 N–H and O–H groups in total. The number of rotatable bonds is 8. The van der Waals surface area contributed by atoms with Gasteiger partial charge in [0.2, 0.25) is 11.8 Å². The van der Waals surface area contributed by atoms with E-state index in [0.717, 1.165) is 11.1 Å². The van der Waals surface area contributed by atoms with Gasteiger partial charge in [-0.15, -0.1) is 10.2 Å². The summed E-state index contributed by atoms with van der Waals surface area (Å²) in [5, 5.41) is 11.5.